The largest absolute Gasteiger partial charge is 0.444 e. The van der Waals surface area contributed by atoms with Gasteiger partial charge in [0, 0.05) is 19.7 Å². The second-order valence-electron chi connectivity index (χ2n) is 7.36. The Morgan fingerprint density at radius 3 is 2.32 bits per heavy atom. The molecule has 3 aromatic carbocycles. The van der Waals surface area contributed by atoms with Crippen LogP contribution < -0.4 is 0 Å². The van der Waals surface area contributed by atoms with E-state index < -0.39 is 12.1 Å². The number of likely N-dealkylation sites (N-methyl/N-ethyl adjacent to an activating group) is 1. The zero-order valence-electron chi connectivity index (χ0n) is 17.3. The molecule has 0 bridgehead atoms. The van der Waals surface area contributed by atoms with Gasteiger partial charge in [-0.1, -0.05) is 59.8 Å². The molecule has 1 heterocycles. The molecule has 4 rings (SSSR count). The van der Waals surface area contributed by atoms with Crippen LogP contribution in [0.2, 0.25) is 0 Å². The van der Waals surface area contributed by atoms with Crippen molar-refractivity contribution >= 4 is 22.9 Å². The molecule has 31 heavy (non-hydrogen) atoms. The number of fused-ring (bicyclic) bond motifs is 1. The Hall–Kier alpha value is -4.00. The smallest absolute Gasteiger partial charge is 0.339 e. The lowest BCUT2D eigenvalue weighted by Gasteiger charge is -2.21. The normalized spacial score (nSPS) is 11.8. The molecular formula is C24H22N4O3. The molecule has 1 amide bonds. The van der Waals surface area contributed by atoms with Crippen molar-refractivity contribution in [2.45, 2.75) is 12.6 Å². The van der Waals surface area contributed by atoms with E-state index in [0.29, 0.717) is 17.7 Å². The Morgan fingerprint density at radius 1 is 0.935 bits per heavy atom. The van der Waals surface area contributed by atoms with Gasteiger partial charge in [-0.05, 0) is 29.8 Å². The second-order valence-corrected chi connectivity index (χ2v) is 7.36. The number of esters is 1. The number of hydrogen-bond acceptors (Lipinski definition) is 5. The van der Waals surface area contributed by atoms with Crippen LogP contribution in [-0.4, -0.2) is 45.9 Å². The van der Waals surface area contributed by atoms with Crippen molar-refractivity contribution in [3.05, 3.63) is 95.6 Å². The molecule has 156 valence electrons. The predicted molar refractivity (Wildman–Crippen MR) is 116 cm³/mol. The maximum atomic E-state index is 12.7. The van der Waals surface area contributed by atoms with E-state index in [2.05, 4.69) is 10.3 Å². The van der Waals surface area contributed by atoms with E-state index in [0.717, 1.165) is 16.6 Å². The summed E-state index contributed by atoms with van der Waals surface area (Å²) in [6.07, 6.45) is -0.995. The number of amides is 1. The number of aromatic nitrogens is 3. The summed E-state index contributed by atoms with van der Waals surface area (Å²) in [5.74, 6) is -0.851. The third-order valence-corrected chi connectivity index (χ3v) is 4.93. The Kier molecular flexibility index (Phi) is 5.75. The number of ether oxygens (including phenoxy) is 1. The fraction of sp³-hybridized carbons (Fsp3) is 0.167. The first-order valence-corrected chi connectivity index (χ1v) is 9.87. The highest BCUT2D eigenvalue weighted by Gasteiger charge is 2.27. The minimum Gasteiger partial charge on any atom is -0.444 e. The summed E-state index contributed by atoms with van der Waals surface area (Å²) in [5.41, 5.74) is 3.75. The van der Waals surface area contributed by atoms with Gasteiger partial charge in [0.15, 0.2) is 0 Å². The van der Waals surface area contributed by atoms with Crippen LogP contribution in [0.1, 0.15) is 27.6 Å². The molecule has 0 aliphatic rings. The van der Waals surface area contributed by atoms with Crippen LogP contribution in [0.5, 0.6) is 0 Å². The van der Waals surface area contributed by atoms with Gasteiger partial charge in [0.05, 0.1) is 17.6 Å². The van der Waals surface area contributed by atoms with Gasteiger partial charge in [0.25, 0.3) is 5.91 Å². The molecule has 0 spiro atoms. The molecular weight excluding hydrogens is 392 g/mol. The first-order chi connectivity index (χ1) is 15.0. The fourth-order valence-electron chi connectivity index (χ4n) is 3.25. The molecule has 0 N–H and O–H groups in total. The van der Waals surface area contributed by atoms with Gasteiger partial charge in [-0.3, -0.25) is 4.79 Å². The quantitative estimate of drug-likeness (QED) is 0.452. The summed E-state index contributed by atoms with van der Waals surface area (Å²) >= 11 is 0. The zero-order valence-corrected chi connectivity index (χ0v) is 17.3. The van der Waals surface area contributed by atoms with Crippen molar-refractivity contribution in [3.63, 3.8) is 0 Å². The molecule has 0 unspecified atom stereocenters. The summed E-state index contributed by atoms with van der Waals surface area (Å²) in [6.45, 7) is 0.529. The van der Waals surface area contributed by atoms with Crippen LogP contribution >= 0.6 is 0 Å². The summed E-state index contributed by atoms with van der Waals surface area (Å²) in [6, 6.07) is 23.8. The fourth-order valence-corrected chi connectivity index (χ4v) is 3.25. The van der Waals surface area contributed by atoms with Crippen molar-refractivity contribution in [2.75, 3.05) is 14.1 Å². The number of nitrogens with zero attached hydrogens (tertiary/aromatic N) is 4. The van der Waals surface area contributed by atoms with Gasteiger partial charge >= 0.3 is 5.97 Å². The van der Waals surface area contributed by atoms with Gasteiger partial charge in [-0.15, -0.1) is 5.10 Å². The first-order valence-electron chi connectivity index (χ1n) is 9.87. The average Bonchev–Trinajstić information content (AvgIpc) is 3.20. The molecule has 1 atom stereocenters. The number of hydrogen-bond donors (Lipinski definition) is 0. The molecule has 4 aromatic rings. The van der Waals surface area contributed by atoms with E-state index in [9.17, 15) is 9.59 Å². The lowest BCUT2D eigenvalue weighted by molar-refractivity contribution is -0.138. The van der Waals surface area contributed by atoms with E-state index in [1.165, 1.54) is 4.90 Å². The molecule has 0 aliphatic heterocycles. The molecule has 0 saturated heterocycles. The minimum absolute atomic E-state index is 0.297. The highest BCUT2D eigenvalue weighted by Crippen LogP contribution is 2.21. The maximum Gasteiger partial charge on any atom is 0.339 e. The highest BCUT2D eigenvalue weighted by molar-refractivity contribution is 5.92. The molecule has 7 nitrogen and oxygen atoms in total. The standard InChI is InChI=1S/C24H22N4O3/c1-27(2)23(29)22(18-8-4-3-5-9-18)31-24(30)19-14-12-17(13-15-19)16-28-21-11-7-6-10-20(21)25-26-28/h3-15,22H,16H2,1-2H3/t22-/m1/s1. The second kappa shape index (κ2) is 8.79. The van der Waals surface area contributed by atoms with E-state index in [1.54, 1.807) is 38.4 Å². The van der Waals surface area contributed by atoms with Crippen LogP contribution in [0.25, 0.3) is 11.0 Å². The minimum atomic E-state index is -0.995. The van der Waals surface area contributed by atoms with E-state index in [4.69, 9.17) is 4.74 Å². The molecule has 1 aromatic heterocycles. The van der Waals surface area contributed by atoms with Crippen molar-refractivity contribution in [2.24, 2.45) is 0 Å². The van der Waals surface area contributed by atoms with Crippen LogP contribution in [-0.2, 0) is 16.1 Å². The number of carbonyl (C=O) groups is 2. The topological polar surface area (TPSA) is 77.3 Å². The Balaban J connectivity index is 1.50. The predicted octanol–water partition coefficient (Wildman–Crippen LogP) is 3.47. The number of rotatable bonds is 6. The first kappa shape index (κ1) is 20.3. The molecule has 0 aliphatic carbocycles. The van der Waals surface area contributed by atoms with Crippen LogP contribution in [0.4, 0.5) is 0 Å². The Bertz CT molecular complexity index is 1200. The maximum absolute atomic E-state index is 12.7. The molecule has 0 saturated carbocycles. The van der Waals surface area contributed by atoms with Crippen LogP contribution in [0, 0.1) is 0 Å². The monoisotopic (exact) mass is 414 g/mol. The highest BCUT2D eigenvalue weighted by atomic mass is 16.5. The number of para-hydroxylation sites is 1. The number of carbonyl (C=O) groups excluding carboxylic acids is 2. The van der Waals surface area contributed by atoms with Crippen LogP contribution in [0.15, 0.2) is 78.9 Å². The van der Waals surface area contributed by atoms with Crippen molar-refractivity contribution in [1.29, 1.82) is 0 Å². The third-order valence-electron chi connectivity index (χ3n) is 4.93. The van der Waals surface area contributed by atoms with Gasteiger partial charge in [-0.25, -0.2) is 9.48 Å². The van der Waals surface area contributed by atoms with Crippen molar-refractivity contribution in [3.8, 4) is 0 Å². The lowest BCUT2D eigenvalue weighted by Crippen LogP contribution is -2.31. The van der Waals surface area contributed by atoms with Crippen molar-refractivity contribution < 1.29 is 14.3 Å². The van der Waals surface area contributed by atoms with Crippen LogP contribution in [0.3, 0.4) is 0 Å². The Morgan fingerprint density at radius 2 is 1.61 bits per heavy atom. The van der Waals surface area contributed by atoms with E-state index >= 15 is 0 Å². The lowest BCUT2D eigenvalue weighted by atomic mass is 10.1. The van der Waals surface area contributed by atoms with Gasteiger partial charge in [-0.2, -0.15) is 0 Å². The summed E-state index contributed by atoms with van der Waals surface area (Å²) < 4.78 is 7.40. The van der Waals surface area contributed by atoms with E-state index in [1.807, 2.05) is 59.3 Å². The summed E-state index contributed by atoms with van der Waals surface area (Å²) in [4.78, 5) is 26.7. The Labute approximate surface area is 179 Å². The SMILES string of the molecule is CN(C)C(=O)[C@H](OC(=O)c1ccc(Cn2nnc3ccccc32)cc1)c1ccccc1. The van der Waals surface area contributed by atoms with Crippen molar-refractivity contribution in [1.82, 2.24) is 19.9 Å². The zero-order chi connectivity index (χ0) is 21.8. The summed E-state index contributed by atoms with van der Waals surface area (Å²) in [5, 5.41) is 8.35. The molecule has 0 fully saturated rings. The summed E-state index contributed by atoms with van der Waals surface area (Å²) in [7, 11) is 3.27. The molecule has 7 heteroatoms. The van der Waals surface area contributed by atoms with Gasteiger partial charge in [0.2, 0.25) is 6.10 Å². The molecule has 0 radical (unpaired) electrons. The van der Waals surface area contributed by atoms with E-state index in [-0.39, 0.29) is 5.91 Å². The average molecular weight is 414 g/mol. The number of benzene rings is 3. The third kappa shape index (κ3) is 4.45. The van der Waals surface area contributed by atoms with Gasteiger partial charge in [0.1, 0.15) is 5.52 Å². The van der Waals surface area contributed by atoms with Gasteiger partial charge < -0.3 is 9.64 Å².